The molecule has 0 aliphatic carbocycles. The van der Waals surface area contributed by atoms with Crippen molar-refractivity contribution in [1.82, 2.24) is 9.55 Å². The number of para-hydroxylation sites is 2. The average molecular weight is 361 g/mol. The van der Waals surface area contributed by atoms with Gasteiger partial charge in [0.15, 0.2) is 0 Å². The number of benzene rings is 2. The number of anilines is 1. The molecule has 27 heavy (non-hydrogen) atoms. The number of nitrogens with zero attached hydrogens (tertiary/aromatic N) is 2. The lowest BCUT2D eigenvalue weighted by Gasteiger charge is -2.30. The van der Waals surface area contributed by atoms with Crippen molar-refractivity contribution in [3.05, 3.63) is 71.4 Å². The van der Waals surface area contributed by atoms with E-state index < -0.39 is 0 Å². The highest BCUT2D eigenvalue weighted by Gasteiger charge is 2.34. The fourth-order valence-corrected chi connectivity index (χ4v) is 3.57. The Hall–Kier alpha value is -3.08. The number of carbonyl (C=O) groups is 1. The predicted octanol–water partition coefficient (Wildman–Crippen LogP) is 4.67. The van der Waals surface area contributed by atoms with E-state index in [-0.39, 0.29) is 12.0 Å². The van der Waals surface area contributed by atoms with Gasteiger partial charge in [-0.1, -0.05) is 55.8 Å². The van der Waals surface area contributed by atoms with E-state index in [0.717, 1.165) is 41.1 Å². The zero-order valence-electron chi connectivity index (χ0n) is 15.6. The van der Waals surface area contributed by atoms with Crippen LogP contribution in [0.5, 0.6) is 0 Å². The molecule has 0 saturated heterocycles. The topological polar surface area (TPSA) is 56.1 Å². The summed E-state index contributed by atoms with van der Waals surface area (Å²) < 4.78 is 7.67. The first-order chi connectivity index (χ1) is 13.2. The molecule has 3 aromatic rings. The van der Waals surface area contributed by atoms with Crippen LogP contribution >= 0.6 is 0 Å². The number of ether oxygens (including phenoxy) is 1. The molecule has 2 heterocycles. The Bertz CT molecular complexity index is 1000. The van der Waals surface area contributed by atoms with Crippen molar-refractivity contribution in [1.29, 1.82) is 0 Å². The highest BCUT2D eigenvalue weighted by atomic mass is 16.5. The number of hydrogen-bond acceptors (Lipinski definition) is 4. The number of aromatic nitrogens is 2. The third kappa shape index (κ3) is 3.10. The molecule has 0 amide bonds. The van der Waals surface area contributed by atoms with Crippen LogP contribution in [0.15, 0.2) is 65.9 Å². The molecule has 5 heteroatoms. The van der Waals surface area contributed by atoms with Gasteiger partial charge in [-0.2, -0.15) is 0 Å². The smallest absolute Gasteiger partial charge is 0.338 e. The fourth-order valence-electron chi connectivity index (χ4n) is 3.57. The molecule has 0 radical (unpaired) electrons. The van der Waals surface area contributed by atoms with Crippen LogP contribution in [0.3, 0.4) is 0 Å². The molecule has 0 fully saturated rings. The molecule has 1 aromatic heterocycles. The van der Waals surface area contributed by atoms with Crippen molar-refractivity contribution < 1.29 is 9.53 Å². The van der Waals surface area contributed by atoms with Gasteiger partial charge in [0.05, 0.1) is 29.3 Å². The Kier molecular flexibility index (Phi) is 4.67. The lowest BCUT2D eigenvalue weighted by molar-refractivity contribution is -0.139. The number of carbonyl (C=O) groups excluding carboxylic acids is 1. The number of allylic oxidation sites excluding steroid dienone is 1. The Balaban J connectivity index is 1.86. The highest BCUT2D eigenvalue weighted by molar-refractivity contribution is 5.94. The van der Waals surface area contributed by atoms with E-state index in [9.17, 15) is 4.79 Å². The molecule has 138 valence electrons. The van der Waals surface area contributed by atoms with Crippen LogP contribution in [0.25, 0.3) is 11.0 Å². The van der Waals surface area contributed by atoms with Gasteiger partial charge in [0.2, 0.25) is 5.95 Å². The van der Waals surface area contributed by atoms with Gasteiger partial charge < -0.3 is 10.1 Å². The van der Waals surface area contributed by atoms with E-state index in [0.29, 0.717) is 12.2 Å². The first-order valence-corrected chi connectivity index (χ1v) is 9.37. The minimum absolute atomic E-state index is 0.272. The fraction of sp³-hybridized carbons (Fsp3) is 0.273. The van der Waals surface area contributed by atoms with E-state index in [4.69, 9.17) is 9.72 Å². The highest BCUT2D eigenvalue weighted by Crippen LogP contribution is 2.39. The predicted molar refractivity (Wildman–Crippen MR) is 107 cm³/mol. The third-order valence-electron chi connectivity index (χ3n) is 4.90. The molecule has 1 aliphatic rings. The Morgan fingerprint density at radius 1 is 1.15 bits per heavy atom. The second-order valence-electron chi connectivity index (χ2n) is 6.76. The summed E-state index contributed by atoms with van der Waals surface area (Å²) in [6.07, 6.45) is 1.85. The molecule has 0 spiro atoms. The summed E-state index contributed by atoms with van der Waals surface area (Å²) in [4.78, 5) is 17.7. The maximum Gasteiger partial charge on any atom is 0.338 e. The number of unbranched alkanes of at least 4 members (excludes halogenated alkanes) is 1. The summed E-state index contributed by atoms with van der Waals surface area (Å²) >= 11 is 0. The van der Waals surface area contributed by atoms with Crippen molar-refractivity contribution in [3.63, 3.8) is 0 Å². The zero-order chi connectivity index (χ0) is 18.8. The lowest BCUT2D eigenvalue weighted by Crippen LogP contribution is -2.29. The van der Waals surface area contributed by atoms with E-state index in [1.165, 1.54) is 0 Å². The summed E-state index contributed by atoms with van der Waals surface area (Å²) in [6.45, 7) is 4.43. The number of esters is 1. The normalized spacial score (nSPS) is 16.1. The van der Waals surface area contributed by atoms with Gasteiger partial charge in [0.25, 0.3) is 0 Å². The largest absolute Gasteiger partial charge is 0.462 e. The lowest BCUT2D eigenvalue weighted by atomic mass is 9.95. The molecule has 4 rings (SSSR count). The van der Waals surface area contributed by atoms with Gasteiger partial charge in [0, 0.05) is 5.70 Å². The number of rotatable bonds is 5. The molecule has 0 unspecified atom stereocenters. The van der Waals surface area contributed by atoms with E-state index in [2.05, 4.69) is 16.8 Å². The van der Waals surface area contributed by atoms with Crippen LogP contribution in [0.1, 0.15) is 38.3 Å². The Morgan fingerprint density at radius 2 is 1.89 bits per heavy atom. The molecule has 1 aliphatic heterocycles. The van der Waals surface area contributed by atoms with E-state index >= 15 is 0 Å². The minimum atomic E-state index is -0.274. The number of hydrogen-bond donors (Lipinski definition) is 1. The van der Waals surface area contributed by atoms with E-state index in [1.54, 1.807) is 0 Å². The first kappa shape index (κ1) is 17.3. The Morgan fingerprint density at radius 3 is 2.67 bits per heavy atom. The first-order valence-electron chi connectivity index (χ1n) is 9.37. The van der Waals surface area contributed by atoms with Gasteiger partial charge in [-0.25, -0.2) is 9.78 Å². The van der Waals surface area contributed by atoms with Gasteiger partial charge in [-0.3, -0.25) is 4.57 Å². The SMILES string of the molecule is CCCCOC(=O)C1=C(C)Nc2nc3ccccc3n2[C@H]1c1ccccc1. The standard InChI is InChI=1S/C22H23N3O2/c1-3-4-14-27-21(26)19-15(2)23-22-24-17-12-8-9-13-18(17)25(22)20(19)16-10-6-5-7-11-16/h5-13,20H,3-4,14H2,1-2H3,(H,23,24)/t20-/m0/s1. The van der Waals surface area contributed by atoms with Crippen LogP contribution in [-0.4, -0.2) is 22.1 Å². The Labute approximate surface area is 158 Å². The molecule has 1 atom stereocenters. The molecule has 0 saturated carbocycles. The molecular weight excluding hydrogens is 338 g/mol. The second kappa shape index (κ2) is 7.27. The monoisotopic (exact) mass is 361 g/mol. The summed E-state index contributed by atoms with van der Waals surface area (Å²) in [5.41, 5.74) is 4.33. The maximum absolute atomic E-state index is 13.0. The second-order valence-corrected chi connectivity index (χ2v) is 6.76. The van der Waals surface area contributed by atoms with Crippen LogP contribution in [-0.2, 0) is 9.53 Å². The summed E-state index contributed by atoms with van der Waals surface area (Å²) in [5.74, 6) is 0.471. The van der Waals surface area contributed by atoms with Gasteiger partial charge >= 0.3 is 5.97 Å². The van der Waals surface area contributed by atoms with Crippen LogP contribution < -0.4 is 5.32 Å². The van der Waals surface area contributed by atoms with Crippen LogP contribution in [0.2, 0.25) is 0 Å². The number of fused-ring (bicyclic) bond motifs is 3. The number of imidazole rings is 1. The summed E-state index contributed by atoms with van der Waals surface area (Å²) in [5, 5.41) is 3.30. The molecule has 5 nitrogen and oxygen atoms in total. The number of nitrogens with one attached hydrogen (secondary N) is 1. The van der Waals surface area contributed by atoms with Gasteiger partial charge in [0.1, 0.15) is 0 Å². The molecule has 2 aromatic carbocycles. The quantitative estimate of drug-likeness (QED) is 0.530. The van der Waals surface area contributed by atoms with Crippen molar-refractivity contribution in [2.24, 2.45) is 0 Å². The van der Waals surface area contributed by atoms with E-state index in [1.807, 2.05) is 61.5 Å². The summed E-state index contributed by atoms with van der Waals surface area (Å²) in [6, 6.07) is 17.8. The third-order valence-corrected chi connectivity index (χ3v) is 4.90. The maximum atomic E-state index is 13.0. The van der Waals surface area contributed by atoms with Crippen molar-refractivity contribution >= 4 is 23.0 Å². The molecule has 1 N–H and O–H groups in total. The van der Waals surface area contributed by atoms with Gasteiger partial charge in [-0.15, -0.1) is 0 Å². The van der Waals surface area contributed by atoms with Crippen molar-refractivity contribution in [2.75, 3.05) is 11.9 Å². The van der Waals surface area contributed by atoms with Crippen molar-refractivity contribution in [3.8, 4) is 0 Å². The summed E-state index contributed by atoms with van der Waals surface area (Å²) in [7, 11) is 0. The van der Waals surface area contributed by atoms with Gasteiger partial charge in [-0.05, 0) is 31.0 Å². The molecular formula is C22H23N3O2. The zero-order valence-corrected chi connectivity index (χ0v) is 15.6. The molecule has 0 bridgehead atoms. The van der Waals surface area contributed by atoms with Crippen LogP contribution in [0, 0.1) is 0 Å². The van der Waals surface area contributed by atoms with Crippen molar-refractivity contribution in [2.45, 2.75) is 32.7 Å². The minimum Gasteiger partial charge on any atom is -0.462 e. The van der Waals surface area contributed by atoms with Crippen LogP contribution in [0.4, 0.5) is 5.95 Å². The average Bonchev–Trinajstić information content (AvgIpc) is 3.05.